The van der Waals surface area contributed by atoms with Crippen LogP contribution in [-0.2, 0) is 9.53 Å². The van der Waals surface area contributed by atoms with Gasteiger partial charge in [0.1, 0.15) is 11.6 Å². The molecule has 0 bridgehead atoms. The van der Waals surface area contributed by atoms with Crippen LogP contribution in [0.2, 0.25) is 0 Å². The van der Waals surface area contributed by atoms with E-state index in [0.29, 0.717) is 29.8 Å². The number of aromatic nitrogens is 2. The average molecular weight is 256 g/mol. The molecule has 0 saturated heterocycles. The maximum Gasteiger partial charge on any atom is 0.306 e. The maximum absolute atomic E-state index is 11.3. The van der Waals surface area contributed by atoms with Crippen molar-refractivity contribution in [2.24, 2.45) is 0 Å². The molecule has 1 aromatic heterocycles. The van der Waals surface area contributed by atoms with Gasteiger partial charge in [-0.1, -0.05) is 18.7 Å². The Kier molecular flexibility index (Phi) is 5.02. The highest BCUT2D eigenvalue weighted by molar-refractivity contribution is 7.99. The zero-order chi connectivity index (χ0) is 12.8. The topological polar surface area (TPSA) is 104 Å². The SMILES string of the molecule is CCOC(=O)CC(C)Sc1nc(N)cc(N)n1. The fourth-order valence-electron chi connectivity index (χ4n) is 1.19. The quantitative estimate of drug-likeness (QED) is 0.461. The highest BCUT2D eigenvalue weighted by Crippen LogP contribution is 2.23. The lowest BCUT2D eigenvalue weighted by Gasteiger charge is -2.09. The van der Waals surface area contributed by atoms with E-state index in [1.807, 2.05) is 6.92 Å². The number of anilines is 2. The minimum absolute atomic E-state index is 0.00949. The first-order valence-electron chi connectivity index (χ1n) is 5.23. The summed E-state index contributed by atoms with van der Waals surface area (Å²) in [7, 11) is 0. The molecule has 1 aromatic rings. The first kappa shape index (κ1) is 13.6. The fourth-order valence-corrected chi connectivity index (χ4v) is 2.09. The molecule has 0 amide bonds. The molecule has 1 rings (SSSR count). The van der Waals surface area contributed by atoms with Crippen LogP contribution in [0.15, 0.2) is 11.2 Å². The van der Waals surface area contributed by atoms with Crippen LogP contribution in [0.4, 0.5) is 11.6 Å². The number of hydrogen-bond acceptors (Lipinski definition) is 7. The second-order valence-electron chi connectivity index (χ2n) is 3.44. The second kappa shape index (κ2) is 6.29. The predicted octanol–water partition coefficient (Wildman–Crippen LogP) is 1.07. The van der Waals surface area contributed by atoms with Gasteiger partial charge in [0.05, 0.1) is 13.0 Å². The summed E-state index contributed by atoms with van der Waals surface area (Å²) in [5.41, 5.74) is 11.1. The summed E-state index contributed by atoms with van der Waals surface area (Å²) in [6.07, 6.45) is 0.302. The molecular weight excluding hydrogens is 240 g/mol. The average Bonchev–Trinajstić information content (AvgIpc) is 2.14. The van der Waals surface area contributed by atoms with Crippen molar-refractivity contribution in [2.75, 3.05) is 18.1 Å². The Morgan fingerprint density at radius 3 is 2.59 bits per heavy atom. The van der Waals surface area contributed by atoms with E-state index in [2.05, 4.69) is 9.97 Å². The van der Waals surface area contributed by atoms with Gasteiger partial charge < -0.3 is 16.2 Å². The molecule has 1 unspecified atom stereocenters. The first-order chi connectivity index (χ1) is 8.01. The molecule has 0 spiro atoms. The maximum atomic E-state index is 11.3. The number of nitrogens with two attached hydrogens (primary N) is 2. The summed E-state index contributed by atoms with van der Waals surface area (Å²) in [6.45, 7) is 4.06. The van der Waals surface area contributed by atoms with Crippen LogP contribution in [0.3, 0.4) is 0 Å². The molecule has 0 aliphatic carbocycles. The van der Waals surface area contributed by atoms with E-state index in [-0.39, 0.29) is 11.2 Å². The molecule has 1 atom stereocenters. The molecule has 1 heterocycles. The molecule has 0 aliphatic rings. The van der Waals surface area contributed by atoms with Gasteiger partial charge in [-0.15, -0.1) is 0 Å². The highest BCUT2D eigenvalue weighted by Gasteiger charge is 2.13. The third-order valence-corrected chi connectivity index (χ3v) is 2.77. The van der Waals surface area contributed by atoms with Crippen molar-refractivity contribution < 1.29 is 9.53 Å². The van der Waals surface area contributed by atoms with Crippen molar-refractivity contribution in [2.45, 2.75) is 30.7 Å². The molecular formula is C10H16N4O2S. The number of rotatable bonds is 5. The number of nitrogens with zero attached hydrogens (tertiary/aromatic N) is 2. The third-order valence-electron chi connectivity index (χ3n) is 1.81. The van der Waals surface area contributed by atoms with Crippen molar-refractivity contribution in [3.63, 3.8) is 0 Å². The molecule has 0 saturated carbocycles. The number of hydrogen-bond donors (Lipinski definition) is 2. The van der Waals surface area contributed by atoms with Crippen LogP contribution in [0.25, 0.3) is 0 Å². The van der Waals surface area contributed by atoms with Crippen molar-refractivity contribution in [3.05, 3.63) is 6.07 Å². The van der Waals surface area contributed by atoms with E-state index in [9.17, 15) is 4.79 Å². The molecule has 7 heteroatoms. The summed E-state index contributed by atoms with van der Waals surface area (Å²) >= 11 is 1.34. The Bertz CT molecular complexity index is 380. The van der Waals surface area contributed by atoms with Gasteiger partial charge in [0.25, 0.3) is 0 Å². The van der Waals surface area contributed by atoms with Gasteiger partial charge in [0.2, 0.25) is 0 Å². The summed E-state index contributed by atoms with van der Waals surface area (Å²) in [4.78, 5) is 19.3. The Balaban J connectivity index is 2.55. The Labute approximate surface area is 104 Å². The monoisotopic (exact) mass is 256 g/mol. The minimum atomic E-state index is -0.232. The molecule has 94 valence electrons. The van der Waals surface area contributed by atoms with Crippen molar-refractivity contribution in [3.8, 4) is 0 Å². The van der Waals surface area contributed by atoms with Crippen LogP contribution in [-0.4, -0.2) is 27.8 Å². The zero-order valence-corrected chi connectivity index (χ0v) is 10.7. The standard InChI is InChI=1S/C10H16N4O2S/c1-3-16-9(15)4-6(2)17-10-13-7(11)5-8(12)14-10/h5-6H,3-4H2,1-2H3,(H4,11,12,13,14). The summed E-state index contributed by atoms with van der Waals surface area (Å²) < 4.78 is 4.86. The second-order valence-corrected chi connectivity index (χ2v) is 4.84. The predicted molar refractivity (Wildman–Crippen MR) is 67.4 cm³/mol. The summed E-state index contributed by atoms with van der Waals surface area (Å²) in [5, 5.41) is 0.481. The lowest BCUT2D eigenvalue weighted by Crippen LogP contribution is -2.11. The third kappa shape index (κ3) is 4.90. The zero-order valence-electron chi connectivity index (χ0n) is 9.84. The smallest absolute Gasteiger partial charge is 0.306 e. The van der Waals surface area contributed by atoms with E-state index in [0.717, 1.165) is 0 Å². The van der Waals surface area contributed by atoms with Gasteiger partial charge >= 0.3 is 5.97 Å². The van der Waals surface area contributed by atoms with E-state index in [4.69, 9.17) is 16.2 Å². The molecule has 0 radical (unpaired) electrons. The lowest BCUT2D eigenvalue weighted by atomic mass is 10.3. The molecule has 6 nitrogen and oxygen atoms in total. The lowest BCUT2D eigenvalue weighted by molar-refractivity contribution is -0.142. The van der Waals surface area contributed by atoms with E-state index in [1.54, 1.807) is 6.92 Å². The van der Waals surface area contributed by atoms with Gasteiger partial charge in [-0.05, 0) is 6.92 Å². The van der Waals surface area contributed by atoms with Gasteiger partial charge in [-0.3, -0.25) is 4.79 Å². The van der Waals surface area contributed by atoms with Crippen LogP contribution in [0.1, 0.15) is 20.3 Å². The van der Waals surface area contributed by atoms with Crippen LogP contribution < -0.4 is 11.5 Å². The number of nitrogen functional groups attached to an aromatic ring is 2. The van der Waals surface area contributed by atoms with E-state index < -0.39 is 0 Å². The summed E-state index contributed by atoms with van der Waals surface area (Å²) in [5.74, 6) is 0.413. The van der Waals surface area contributed by atoms with Gasteiger partial charge in [-0.2, -0.15) is 0 Å². The molecule has 0 fully saturated rings. The number of carbonyl (C=O) groups excluding carboxylic acids is 1. The fraction of sp³-hybridized carbons (Fsp3) is 0.500. The van der Waals surface area contributed by atoms with Gasteiger partial charge in [0, 0.05) is 11.3 Å². The number of thioether (sulfide) groups is 1. The first-order valence-corrected chi connectivity index (χ1v) is 6.11. The normalized spacial score (nSPS) is 12.1. The van der Waals surface area contributed by atoms with Crippen molar-refractivity contribution >= 4 is 29.4 Å². The van der Waals surface area contributed by atoms with Crippen LogP contribution >= 0.6 is 11.8 Å². The largest absolute Gasteiger partial charge is 0.466 e. The van der Waals surface area contributed by atoms with Gasteiger partial charge in [0.15, 0.2) is 5.16 Å². The number of esters is 1. The van der Waals surface area contributed by atoms with E-state index >= 15 is 0 Å². The Morgan fingerprint density at radius 1 is 1.47 bits per heavy atom. The minimum Gasteiger partial charge on any atom is -0.466 e. The Hall–Kier alpha value is -1.50. The Morgan fingerprint density at radius 2 is 2.06 bits per heavy atom. The number of carbonyl (C=O) groups is 1. The van der Waals surface area contributed by atoms with Crippen LogP contribution in [0, 0.1) is 0 Å². The van der Waals surface area contributed by atoms with Crippen molar-refractivity contribution in [1.82, 2.24) is 9.97 Å². The number of ether oxygens (including phenoxy) is 1. The van der Waals surface area contributed by atoms with Crippen molar-refractivity contribution in [1.29, 1.82) is 0 Å². The molecule has 0 aromatic carbocycles. The highest BCUT2D eigenvalue weighted by atomic mass is 32.2. The summed E-state index contributed by atoms with van der Waals surface area (Å²) in [6, 6.07) is 1.49. The van der Waals surface area contributed by atoms with Gasteiger partial charge in [-0.25, -0.2) is 9.97 Å². The molecule has 17 heavy (non-hydrogen) atoms. The van der Waals surface area contributed by atoms with Crippen LogP contribution in [0.5, 0.6) is 0 Å². The van der Waals surface area contributed by atoms with E-state index in [1.165, 1.54) is 17.8 Å². The molecule has 4 N–H and O–H groups in total. The molecule has 0 aliphatic heterocycles.